The SMILES string of the molecule is CN1CCN(c2ccc(Nc3nccc(-c4cnc5ccc(-c6cnc(N)nc6)cn45)n3)cn2)CC1. The van der Waals surface area contributed by atoms with E-state index in [2.05, 4.69) is 47.1 Å². The molecule has 1 aliphatic rings. The van der Waals surface area contributed by atoms with Crippen LogP contribution >= 0.6 is 0 Å². The number of aromatic nitrogens is 7. The van der Waals surface area contributed by atoms with E-state index in [1.54, 1.807) is 24.8 Å². The van der Waals surface area contributed by atoms with Gasteiger partial charge in [-0.3, -0.25) is 4.40 Å². The normalized spacial score (nSPS) is 14.3. The Morgan fingerprint density at radius 2 is 1.64 bits per heavy atom. The molecule has 1 aliphatic heterocycles. The molecule has 0 aliphatic carbocycles. The second-order valence-electron chi connectivity index (χ2n) is 8.71. The summed E-state index contributed by atoms with van der Waals surface area (Å²) < 4.78 is 1.99. The van der Waals surface area contributed by atoms with Crippen molar-refractivity contribution < 1.29 is 0 Å². The van der Waals surface area contributed by atoms with Crippen molar-refractivity contribution in [2.45, 2.75) is 0 Å². The number of fused-ring (bicyclic) bond motifs is 1. The Balaban J connectivity index is 1.24. The first-order chi connectivity index (χ1) is 17.6. The van der Waals surface area contributed by atoms with Gasteiger partial charge in [0.2, 0.25) is 11.9 Å². The number of rotatable bonds is 5. The fourth-order valence-corrected chi connectivity index (χ4v) is 4.20. The fraction of sp³-hybridized carbons (Fsp3) is 0.200. The Morgan fingerprint density at radius 1 is 0.806 bits per heavy atom. The van der Waals surface area contributed by atoms with Gasteiger partial charge in [-0.2, -0.15) is 0 Å². The van der Waals surface area contributed by atoms with E-state index in [-0.39, 0.29) is 5.95 Å². The van der Waals surface area contributed by atoms with Crippen LogP contribution in [0.15, 0.2) is 67.5 Å². The van der Waals surface area contributed by atoms with Crippen LogP contribution in [-0.2, 0) is 0 Å². The van der Waals surface area contributed by atoms with Gasteiger partial charge in [0.1, 0.15) is 11.5 Å². The summed E-state index contributed by atoms with van der Waals surface area (Å²) in [6.07, 6.45) is 10.7. The maximum atomic E-state index is 5.63. The lowest BCUT2D eigenvalue weighted by molar-refractivity contribution is 0.312. The number of nitrogens with one attached hydrogen (secondary N) is 1. The summed E-state index contributed by atoms with van der Waals surface area (Å²) in [7, 11) is 2.15. The van der Waals surface area contributed by atoms with E-state index in [0.29, 0.717) is 5.95 Å². The van der Waals surface area contributed by atoms with Crippen molar-refractivity contribution in [1.29, 1.82) is 0 Å². The van der Waals surface area contributed by atoms with Crippen molar-refractivity contribution in [3.63, 3.8) is 0 Å². The summed E-state index contributed by atoms with van der Waals surface area (Å²) in [6.45, 7) is 4.04. The molecule has 0 spiro atoms. The third kappa shape index (κ3) is 4.39. The smallest absolute Gasteiger partial charge is 0.227 e. The number of nitrogens with two attached hydrogens (primary N) is 1. The van der Waals surface area contributed by atoms with E-state index >= 15 is 0 Å². The van der Waals surface area contributed by atoms with Crippen molar-refractivity contribution in [2.75, 3.05) is 49.2 Å². The van der Waals surface area contributed by atoms with Crippen LogP contribution < -0.4 is 16.0 Å². The minimum Gasteiger partial charge on any atom is -0.368 e. The van der Waals surface area contributed by atoms with E-state index in [1.165, 1.54) is 0 Å². The number of anilines is 4. The number of hydrogen-bond donors (Lipinski definition) is 2. The number of nitrogen functional groups attached to an aromatic ring is 1. The van der Waals surface area contributed by atoms with Crippen molar-refractivity contribution in [3.8, 4) is 22.5 Å². The molecule has 11 heteroatoms. The Hall–Kier alpha value is -4.64. The molecule has 5 aromatic rings. The van der Waals surface area contributed by atoms with E-state index in [9.17, 15) is 0 Å². The van der Waals surface area contributed by atoms with Crippen molar-refractivity contribution >= 4 is 29.0 Å². The highest BCUT2D eigenvalue weighted by Gasteiger charge is 2.15. The van der Waals surface area contributed by atoms with Crippen LogP contribution in [0.4, 0.5) is 23.4 Å². The molecular formula is C25H25N11. The molecule has 180 valence electrons. The Kier molecular flexibility index (Phi) is 5.58. The predicted molar refractivity (Wildman–Crippen MR) is 139 cm³/mol. The number of pyridine rings is 2. The molecule has 0 aromatic carbocycles. The minimum atomic E-state index is 0.244. The maximum Gasteiger partial charge on any atom is 0.227 e. The second-order valence-corrected chi connectivity index (χ2v) is 8.71. The lowest BCUT2D eigenvalue weighted by Gasteiger charge is -2.33. The summed E-state index contributed by atoms with van der Waals surface area (Å²) in [5.74, 6) is 1.71. The Morgan fingerprint density at radius 3 is 2.42 bits per heavy atom. The maximum absolute atomic E-state index is 5.63. The molecule has 1 saturated heterocycles. The largest absolute Gasteiger partial charge is 0.368 e. The first kappa shape index (κ1) is 21.9. The van der Waals surface area contributed by atoms with E-state index in [0.717, 1.165) is 65.8 Å². The number of likely N-dealkylation sites (N-methyl/N-ethyl adjacent to an activating group) is 1. The molecule has 0 saturated carbocycles. The van der Waals surface area contributed by atoms with E-state index < -0.39 is 0 Å². The van der Waals surface area contributed by atoms with Crippen LogP contribution in [0.25, 0.3) is 28.2 Å². The molecule has 6 heterocycles. The summed E-state index contributed by atoms with van der Waals surface area (Å²) in [5, 5.41) is 3.26. The molecule has 0 unspecified atom stereocenters. The van der Waals surface area contributed by atoms with Gasteiger partial charge in [-0.1, -0.05) is 0 Å². The molecule has 5 aromatic heterocycles. The lowest BCUT2D eigenvalue weighted by atomic mass is 10.1. The van der Waals surface area contributed by atoms with Crippen molar-refractivity contribution in [3.05, 3.63) is 67.5 Å². The molecule has 0 atom stereocenters. The monoisotopic (exact) mass is 479 g/mol. The van der Waals surface area contributed by atoms with Gasteiger partial charge in [0.15, 0.2) is 0 Å². The van der Waals surface area contributed by atoms with Gasteiger partial charge in [0, 0.05) is 62.1 Å². The van der Waals surface area contributed by atoms with E-state index in [4.69, 9.17) is 10.7 Å². The first-order valence-corrected chi connectivity index (χ1v) is 11.7. The number of imidazole rings is 1. The van der Waals surface area contributed by atoms with Crippen molar-refractivity contribution in [1.82, 2.24) is 39.2 Å². The van der Waals surface area contributed by atoms with Crippen LogP contribution in [0, 0.1) is 0 Å². The van der Waals surface area contributed by atoms with Crippen LogP contribution in [0.2, 0.25) is 0 Å². The summed E-state index contributed by atoms with van der Waals surface area (Å²) in [4.78, 5) is 31.1. The van der Waals surface area contributed by atoms with Gasteiger partial charge in [-0.15, -0.1) is 0 Å². The molecule has 0 radical (unpaired) electrons. The predicted octanol–water partition coefficient (Wildman–Crippen LogP) is 2.72. The zero-order valence-electron chi connectivity index (χ0n) is 19.8. The number of piperazine rings is 1. The highest BCUT2D eigenvalue weighted by Crippen LogP contribution is 2.25. The summed E-state index contributed by atoms with van der Waals surface area (Å²) in [5.41, 5.74) is 10.7. The van der Waals surface area contributed by atoms with Crippen LogP contribution in [0.1, 0.15) is 0 Å². The summed E-state index contributed by atoms with van der Waals surface area (Å²) in [6, 6.07) is 9.83. The van der Waals surface area contributed by atoms with Crippen molar-refractivity contribution in [2.24, 2.45) is 0 Å². The van der Waals surface area contributed by atoms with E-state index in [1.807, 2.05) is 47.1 Å². The van der Waals surface area contributed by atoms with Gasteiger partial charge in [-0.25, -0.2) is 29.9 Å². The molecule has 6 rings (SSSR count). The van der Waals surface area contributed by atoms with Gasteiger partial charge >= 0.3 is 0 Å². The lowest BCUT2D eigenvalue weighted by Crippen LogP contribution is -2.44. The summed E-state index contributed by atoms with van der Waals surface area (Å²) >= 11 is 0. The third-order valence-corrected chi connectivity index (χ3v) is 6.26. The highest BCUT2D eigenvalue weighted by molar-refractivity contribution is 5.68. The molecule has 36 heavy (non-hydrogen) atoms. The zero-order valence-corrected chi connectivity index (χ0v) is 19.8. The van der Waals surface area contributed by atoms with Crippen LogP contribution in [-0.4, -0.2) is 72.4 Å². The highest BCUT2D eigenvalue weighted by atomic mass is 15.3. The second kappa shape index (κ2) is 9.19. The average Bonchev–Trinajstić information content (AvgIpc) is 3.34. The molecule has 1 fully saturated rings. The van der Waals surface area contributed by atoms with Gasteiger partial charge in [0.05, 0.1) is 29.5 Å². The van der Waals surface area contributed by atoms with Gasteiger partial charge < -0.3 is 20.9 Å². The van der Waals surface area contributed by atoms with Crippen LogP contribution in [0.3, 0.4) is 0 Å². The fourth-order valence-electron chi connectivity index (χ4n) is 4.20. The Labute approximate surface area is 207 Å². The molecule has 0 bridgehead atoms. The zero-order chi connectivity index (χ0) is 24.5. The molecule has 3 N–H and O–H groups in total. The number of hydrogen-bond acceptors (Lipinski definition) is 10. The van der Waals surface area contributed by atoms with Gasteiger partial charge in [0.25, 0.3) is 0 Å². The van der Waals surface area contributed by atoms with Gasteiger partial charge in [-0.05, 0) is 37.4 Å². The number of nitrogens with zero attached hydrogens (tertiary/aromatic N) is 9. The Bertz CT molecular complexity index is 1490. The standard InChI is InChI=1S/C25H25N11/c1-34-8-10-35(11-9-34)22-5-3-19(14-28-22)32-25-27-7-6-20(33-25)21-15-29-23-4-2-17(16-36(21)23)18-12-30-24(26)31-13-18/h2-7,12-16H,8-11H2,1H3,(H2,26,30,31)(H,27,32,33). The topological polar surface area (TPSA) is 126 Å². The quantitative estimate of drug-likeness (QED) is 0.388. The first-order valence-electron chi connectivity index (χ1n) is 11.7. The van der Waals surface area contributed by atoms with Crippen LogP contribution in [0.5, 0.6) is 0 Å². The molecule has 0 amide bonds. The average molecular weight is 480 g/mol. The molecular weight excluding hydrogens is 454 g/mol. The minimum absolute atomic E-state index is 0.244. The third-order valence-electron chi connectivity index (χ3n) is 6.26. The molecule has 11 nitrogen and oxygen atoms in total.